The predicted octanol–water partition coefficient (Wildman–Crippen LogP) is 1.21. The van der Waals surface area contributed by atoms with Gasteiger partial charge in [0.1, 0.15) is 6.33 Å². The maximum atomic E-state index is 12.6. The molecule has 0 radical (unpaired) electrons. The van der Waals surface area contributed by atoms with Gasteiger partial charge in [0.25, 0.3) is 0 Å². The summed E-state index contributed by atoms with van der Waals surface area (Å²) in [6.45, 7) is 7.03. The third kappa shape index (κ3) is 3.17. The highest BCUT2D eigenvalue weighted by molar-refractivity contribution is 5.79. The molecule has 3 rings (SSSR count). The number of carbonyl (C=O) groups is 1. The first-order valence-electron chi connectivity index (χ1n) is 8.11. The molecule has 24 heavy (non-hydrogen) atoms. The minimum Gasteiger partial charge on any atom is -0.389 e. The molecule has 0 bridgehead atoms. The van der Waals surface area contributed by atoms with Crippen LogP contribution >= 0.6 is 0 Å². The number of hydrogen-bond acceptors (Lipinski definition) is 5. The van der Waals surface area contributed by atoms with Gasteiger partial charge in [0.05, 0.1) is 17.7 Å². The van der Waals surface area contributed by atoms with E-state index in [1.165, 1.54) is 6.33 Å². The fourth-order valence-corrected chi connectivity index (χ4v) is 2.96. The summed E-state index contributed by atoms with van der Waals surface area (Å²) >= 11 is 0. The number of carbonyl (C=O) groups excluding carboxylic acids is 1. The van der Waals surface area contributed by atoms with Crippen LogP contribution in [0.2, 0.25) is 0 Å². The minimum absolute atomic E-state index is 0.0914. The molecule has 7 nitrogen and oxygen atoms in total. The maximum Gasteiger partial charge on any atom is 0.227 e. The average Bonchev–Trinajstić information content (AvgIpc) is 3.05. The molecule has 1 saturated heterocycles. The van der Waals surface area contributed by atoms with Gasteiger partial charge in [-0.05, 0) is 41.5 Å². The smallest absolute Gasteiger partial charge is 0.227 e. The number of hydrogen-bond donors (Lipinski definition) is 1. The number of likely N-dealkylation sites (tertiary alicyclic amines) is 1. The molecule has 0 unspecified atom stereocenters. The molecule has 1 amide bonds. The Hall–Kier alpha value is -2.28. The van der Waals surface area contributed by atoms with E-state index in [-0.39, 0.29) is 11.3 Å². The van der Waals surface area contributed by atoms with Gasteiger partial charge < -0.3 is 10.0 Å². The van der Waals surface area contributed by atoms with Crippen molar-refractivity contribution < 1.29 is 9.90 Å². The summed E-state index contributed by atoms with van der Waals surface area (Å²) in [5.74, 6) is 0.0914. The Labute approximate surface area is 141 Å². The van der Waals surface area contributed by atoms with E-state index < -0.39 is 5.60 Å². The molecule has 128 valence electrons. The average molecular weight is 329 g/mol. The van der Waals surface area contributed by atoms with Crippen LogP contribution in [-0.2, 0) is 11.2 Å². The van der Waals surface area contributed by atoms with Crippen LogP contribution in [-0.4, -0.2) is 54.8 Å². The van der Waals surface area contributed by atoms with E-state index in [4.69, 9.17) is 0 Å². The first-order chi connectivity index (χ1) is 11.3. The molecular weight excluding hydrogens is 306 g/mol. The Kier molecular flexibility index (Phi) is 4.13. The van der Waals surface area contributed by atoms with Crippen LogP contribution in [0.15, 0.2) is 30.6 Å². The summed E-state index contributed by atoms with van der Waals surface area (Å²) in [5, 5.41) is 21.5. The van der Waals surface area contributed by atoms with Gasteiger partial charge in [-0.2, -0.15) is 0 Å². The van der Waals surface area contributed by atoms with E-state index in [1.54, 1.807) is 4.68 Å². The lowest BCUT2D eigenvalue weighted by atomic mass is 9.71. The number of nitrogens with zero attached hydrogens (tertiary/aromatic N) is 5. The number of piperidine rings is 1. The van der Waals surface area contributed by atoms with Crippen molar-refractivity contribution in [1.29, 1.82) is 0 Å². The normalized spacial score (nSPS) is 23.2. The highest BCUT2D eigenvalue weighted by Gasteiger charge is 2.44. The zero-order chi connectivity index (χ0) is 17.4. The number of aromatic nitrogens is 4. The van der Waals surface area contributed by atoms with E-state index in [1.807, 2.05) is 49.9 Å². The van der Waals surface area contributed by atoms with Crippen LogP contribution < -0.4 is 0 Å². The van der Waals surface area contributed by atoms with Crippen molar-refractivity contribution in [2.24, 2.45) is 5.41 Å². The Morgan fingerprint density at radius 1 is 1.25 bits per heavy atom. The van der Waals surface area contributed by atoms with Crippen molar-refractivity contribution in [1.82, 2.24) is 25.1 Å². The molecule has 0 aliphatic carbocycles. The van der Waals surface area contributed by atoms with Gasteiger partial charge in [-0.15, -0.1) is 5.10 Å². The van der Waals surface area contributed by atoms with Gasteiger partial charge in [0.15, 0.2) is 0 Å². The summed E-state index contributed by atoms with van der Waals surface area (Å²) in [4.78, 5) is 14.4. The summed E-state index contributed by atoms with van der Waals surface area (Å²) in [7, 11) is 0. The van der Waals surface area contributed by atoms with E-state index in [0.717, 1.165) is 11.3 Å². The Morgan fingerprint density at radius 2 is 1.96 bits per heavy atom. The third-order valence-corrected chi connectivity index (χ3v) is 5.17. The van der Waals surface area contributed by atoms with Crippen LogP contribution in [0.1, 0.15) is 32.8 Å². The summed E-state index contributed by atoms with van der Waals surface area (Å²) in [6.07, 6.45) is 2.49. The van der Waals surface area contributed by atoms with Gasteiger partial charge in [-0.3, -0.25) is 4.79 Å². The zero-order valence-electron chi connectivity index (χ0n) is 14.3. The molecule has 1 aromatic carbocycles. The summed E-state index contributed by atoms with van der Waals surface area (Å²) in [5.41, 5.74) is 0.751. The first-order valence-corrected chi connectivity index (χ1v) is 8.11. The highest BCUT2D eigenvalue weighted by Crippen LogP contribution is 2.38. The molecule has 0 spiro atoms. The maximum absolute atomic E-state index is 12.6. The van der Waals surface area contributed by atoms with Crippen molar-refractivity contribution in [3.8, 4) is 5.69 Å². The lowest BCUT2D eigenvalue weighted by Gasteiger charge is -2.48. The Balaban J connectivity index is 1.65. The standard InChI is InChI=1S/C17H23N5O2/c1-16(2)11-21(9-8-17(16,3)24)15(23)10-13-4-6-14(7-5-13)22-12-18-19-20-22/h4-7,12,24H,8-11H2,1-3H3/t17-/m1/s1. The molecule has 1 aliphatic rings. The number of tetrazole rings is 1. The molecule has 1 atom stereocenters. The van der Waals surface area contributed by atoms with Crippen molar-refractivity contribution in [3.63, 3.8) is 0 Å². The van der Waals surface area contributed by atoms with Crippen molar-refractivity contribution in [2.75, 3.05) is 13.1 Å². The molecule has 1 fully saturated rings. The van der Waals surface area contributed by atoms with Gasteiger partial charge in [0, 0.05) is 18.5 Å². The second kappa shape index (κ2) is 5.98. The fourth-order valence-electron chi connectivity index (χ4n) is 2.96. The first kappa shape index (κ1) is 16.6. The van der Waals surface area contributed by atoms with Gasteiger partial charge >= 0.3 is 0 Å². The van der Waals surface area contributed by atoms with Crippen LogP contribution in [0, 0.1) is 5.41 Å². The molecule has 1 aliphatic heterocycles. The zero-order valence-corrected chi connectivity index (χ0v) is 14.3. The third-order valence-electron chi connectivity index (χ3n) is 5.17. The predicted molar refractivity (Wildman–Crippen MR) is 88.5 cm³/mol. The topological polar surface area (TPSA) is 84.1 Å². The second-order valence-electron chi connectivity index (χ2n) is 7.32. The molecule has 0 saturated carbocycles. The van der Waals surface area contributed by atoms with Crippen molar-refractivity contribution >= 4 is 5.91 Å². The fraction of sp³-hybridized carbons (Fsp3) is 0.529. The van der Waals surface area contributed by atoms with Crippen LogP contribution in [0.5, 0.6) is 0 Å². The van der Waals surface area contributed by atoms with Crippen LogP contribution in [0.3, 0.4) is 0 Å². The lowest BCUT2D eigenvalue weighted by Crippen LogP contribution is -2.57. The highest BCUT2D eigenvalue weighted by atomic mass is 16.3. The Bertz CT molecular complexity index is 707. The van der Waals surface area contributed by atoms with E-state index in [0.29, 0.717) is 25.9 Å². The van der Waals surface area contributed by atoms with Gasteiger partial charge in [-0.1, -0.05) is 26.0 Å². The molecule has 1 N–H and O–H groups in total. The molecular formula is C17H23N5O2. The summed E-state index contributed by atoms with van der Waals surface area (Å²) in [6, 6.07) is 7.62. The van der Waals surface area contributed by atoms with E-state index in [2.05, 4.69) is 15.5 Å². The SMILES string of the molecule is CC1(C)CN(C(=O)Cc2ccc(-n3cnnn3)cc2)CC[C@@]1(C)O. The van der Waals surface area contributed by atoms with Crippen molar-refractivity contribution in [3.05, 3.63) is 36.2 Å². The lowest BCUT2D eigenvalue weighted by molar-refractivity contribution is -0.146. The van der Waals surface area contributed by atoms with Gasteiger partial charge in [-0.25, -0.2) is 4.68 Å². The molecule has 2 heterocycles. The number of amides is 1. The molecule has 2 aromatic rings. The quantitative estimate of drug-likeness (QED) is 0.915. The minimum atomic E-state index is -0.739. The number of rotatable bonds is 3. The largest absolute Gasteiger partial charge is 0.389 e. The van der Waals surface area contributed by atoms with Crippen LogP contribution in [0.25, 0.3) is 5.69 Å². The number of aliphatic hydroxyl groups is 1. The molecule has 1 aromatic heterocycles. The summed E-state index contributed by atoms with van der Waals surface area (Å²) < 4.78 is 1.57. The van der Waals surface area contributed by atoms with Crippen molar-refractivity contribution in [2.45, 2.75) is 39.2 Å². The van der Waals surface area contributed by atoms with Crippen LogP contribution in [0.4, 0.5) is 0 Å². The monoisotopic (exact) mass is 329 g/mol. The second-order valence-corrected chi connectivity index (χ2v) is 7.32. The number of benzene rings is 1. The van der Waals surface area contributed by atoms with E-state index >= 15 is 0 Å². The van der Waals surface area contributed by atoms with E-state index in [9.17, 15) is 9.90 Å². The van der Waals surface area contributed by atoms with Gasteiger partial charge in [0.2, 0.25) is 5.91 Å². The molecule has 7 heteroatoms. The Morgan fingerprint density at radius 3 is 2.54 bits per heavy atom.